The average molecular weight is 320 g/mol. The molecule has 0 amide bonds. The van der Waals surface area contributed by atoms with Crippen LogP contribution in [0.3, 0.4) is 0 Å². The minimum absolute atomic E-state index is 0.0671. The number of benzene rings is 1. The minimum atomic E-state index is -0.697. The van der Waals surface area contributed by atoms with Crippen molar-refractivity contribution in [1.29, 1.82) is 0 Å². The van der Waals surface area contributed by atoms with Gasteiger partial charge in [-0.05, 0) is 19.4 Å². The van der Waals surface area contributed by atoms with Crippen LogP contribution in [0.5, 0.6) is 5.75 Å². The van der Waals surface area contributed by atoms with Gasteiger partial charge in [0.05, 0.1) is 17.6 Å². The molecule has 1 unspecified atom stereocenters. The maximum Gasteiger partial charge on any atom is 0.275 e. The zero-order chi connectivity index (χ0) is 13.7. The standard InChI is InChI=1S/C12H15BrFNO3/c1-3-9(6-13)7-18-12-4-8(2)11(15(16)17)5-10(12)14/h4-5,9H,3,6-7H2,1-2H3. The third-order valence-electron chi connectivity index (χ3n) is 2.72. The molecule has 0 aliphatic carbocycles. The summed E-state index contributed by atoms with van der Waals surface area (Å²) in [5.74, 6) is -0.339. The van der Waals surface area contributed by atoms with E-state index in [1.165, 1.54) is 6.07 Å². The zero-order valence-corrected chi connectivity index (χ0v) is 11.9. The molecular formula is C12H15BrFNO3. The topological polar surface area (TPSA) is 52.4 Å². The van der Waals surface area contributed by atoms with Gasteiger partial charge in [0.2, 0.25) is 0 Å². The van der Waals surface area contributed by atoms with Gasteiger partial charge < -0.3 is 4.74 Å². The number of nitro groups is 1. The van der Waals surface area contributed by atoms with E-state index in [4.69, 9.17) is 4.74 Å². The molecule has 0 saturated carbocycles. The Balaban J connectivity index is 2.85. The van der Waals surface area contributed by atoms with E-state index in [-0.39, 0.29) is 11.4 Å². The van der Waals surface area contributed by atoms with Crippen LogP contribution in [-0.4, -0.2) is 16.9 Å². The maximum absolute atomic E-state index is 13.6. The second-order valence-corrected chi connectivity index (χ2v) is 4.71. The monoisotopic (exact) mass is 319 g/mol. The van der Waals surface area contributed by atoms with E-state index < -0.39 is 10.7 Å². The molecule has 100 valence electrons. The Morgan fingerprint density at radius 2 is 2.22 bits per heavy atom. The van der Waals surface area contributed by atoms with Crippen LogP contribution in [0.4, 0.5) is 10.1 Å². The van der Waals surface area contributed by atoms with E-state index in [2.05, 4.69) is 15.9 Å². The van der Waals surface area contributed by atoms with Crippen LogP contribution in [0.15, 0.2) is 12.1 Å². The summed E-state index contributed by atoms with van der Waals surface area (Å²) in [6.07, 6.45) is 0.916. The number of alkyl halides is 1. The molecule has 0 heterocycles. The third-order valence-corrected chi connectivity index (χ3v) is 3.63. The van der Waals surface area contributed by atoms with Gasteiger partial charge in [-0.15, -0.1) is 0 Å². The highest BCUT2D eigenvalue weighted by atomic mass is 79.9. The number of nitro benzene ring substituents is 1. The van der Waals surface area contributed by atoms with Crippen LogP contribution in [-0.2, 0) is 0 Å². The summed E-state index contributed by atoms with van der Waals surface area (Å²) < 4.78 is 19.0. The molecule has 0 N–H and O–H groups in total. The van der Waals surface area contributed by atoms with E-state index >= 15 is 0 Å². The summed E-state index contributed by atoms with van der Waals surface area (Å²) in [7, 11) is 0. The van der Waals surface area contributed by atoms with Crippen molar-refractivity contribution in [3.8, 4) is 5.75 Å². The molecule has 6 heteroatoms. The van der Waals surface area contributed by atoms with Gasteiger partial charge in [-0.3, -0.25) is 10.1 Å². The van der Waals surface area contributed by atoms with Gasteiger partial charge in [-0.2, -0.15) is 0 Å². The lowest BCUT2D eigenvalue weighted by Crippen LogP contribution is -2.13. The Morgan fingerprint density at radius 1 is 1.56 bits per heavy atom. The highest BCUT2D eigenvalue weighted by molar-refractivity contribution is 9.09. The van der Waals surface area contributed by atoms with Gasteiger partial charge >= 0.3 is 0 Å². The van der Waals surface area contributed by atoms with E-state index in [1.54, 1.807) is 6.92 Å². The second-order valence-electron chi connectivity index (χ2n) is 4.07. The Morgan fingerprint density at radius 3 is 2.72 bits per heavy atom. The molecule has 0 radical (unpaired) electrons. The van der Waals surface area contributed by atoms with Crippen molar-refractivity contribution in [1.82, 2.24) is 0 Å². The number of hydrogen-bond donors (Lipinski definition) is 0. The van der Waals surface area contributed by atoms with Crippen LogP contribution in [0.2, 0.25) is 0 Å². The predicted octanol–water partition coefficient (Wildman–Crippen LogP) is 3.84. The Hall–Kier alpha value is -1.17. The van der Waals surface area contributed by atoms with Crippen LogP contribution in [0.1, 0.15) is 18.9 Å². The van der Waals surface area contributed by atoms with Crippen LogP contribution >= 0.6 is 15.9 Å². The lowest BCUT2D eigenvalue weighted by molar-refractivity contribution is -0.385. The van der Waals surface area contributed by atoms with Gasteiger partial charge in [-0.1, -0.05) is 22.9 Å². The Labute approximate surface area is 113 Å². The number of aryl methyl sites for hydroxylation is 1. The first-order chi connectivity index (χ1) is 8.49. The second kappa shape index (κ2) is 6.68. The fourth-order valence-electron chi connectivity index (χ4n) is 1.43. The first kappa shape index (κ1) is 14.9. The molecule has 0 saturated heterocycles. The molecule has 4 nitrogen and oxygen atoms in total. The molecule has 0 aliphatic rings. The zero-order valence-electron chi connectivity index (χ0n) is 10.3. The average Bonchev–Trinajstić information content (AvgIpc) is 2.33. The highest BCUT2D eigenvalue weighted by Gasteiger charge is 2.17. The number of rotatable bonds is 6. The summed E-state index contributed by atoms with van der Waals surface area (Å²) in [4.78, 5) is 10.0. The van der Waals surface area contributed by atoms with Gasteiger partial charge in [0.1, 0.15) is 0 Å². The minimum Gasteiger partial charge on any atom is -0.490 e. The van der Waals surface area contributed by atoms with Crippen LogP contribution in [0, 0.1) is 28.8 Å². The molecule has 18 heavy (non-hydrogen) atoms. The fourth-order valence-corrected chi connectivity index (χ4v) is 2.08. The van der Waals surface area contributed by atoms with E-state index in [0.29, 0.717) is 18.1 Å². The first-order valence-electron chi connectivity index (χ1n) is 5.62. The normalized spacial score (nSPS) is 12.2. The smallest absolute Gasteiger partial charge is 0.275 e. The van der Waals surface area contributed by atoms with E-state index in [9.17, 15) is 14.5 Å². The number of nitrogens with zero attached hydrogens (tertiary/aromatic N) is 1. The SMILES string of the molecule is CCC(CBr)COc1cc(C)c([N+](=O)[O-])cc1F. The van der Waals surface area contributed by atoms with E-state index in [0.717, 1.165) is 17.8 Å². The molecule has 0 fully saturated rings. The van der Waals surface area contributed by atoms with Crippen LogP contribution < -0.4 is 4.74 Å². The van der Waals surface area contributed by atoms with Crippen LogP contribution in [0.25, 0.3) is 0 Å². The summed E-state index contributed by atoms with van der Waals surface area (Å²) >= 11 is 3.35. The highest BCUT2D eigenvalue weighted by Crippen LogP contribution is 2.27. The van der Waals surface area contributed by atoms with Crippen molar-refractivity contribution >= 4 is 21.6 Å². The quantitative estimate of drug-likeness (QED) is 0.454. The molecule has 0 spiro atoms. The lowest BCUT2D eigenvalue weighted by Gasteiger charge is -2.14. The number of ether oxygens (including phenoxy) is 1. The Bertz CT molecular complexity index is 436. The van der Waals surface area contributed by atoms with Crippen molar-refractivity contribution < 1.29 is 14.1 Å². The molecular weight excluding hydrogens is 305 g/mol. The largest absolute Gasteiger partial charge is 0.490 e. The van der Waals surface area contributed by atoms with E-state index in [1.807, 2.05) is 6.92 Å². The van der Waals surface area contributed by atoms with Crippen molar-refractivity contribution in [2.24, 2.45) is 5.92 Å². The summed E-state index contributed by atoms with van der Waals surface area (Å²) in [6.45, 7) is 3.97. The maximum atomic E-state index is 13.6. The number of halogens is 2. The molecule has 0 aliphatic heterocycles. The summed E-state index contributed by atoms with van der Waals surface area (Å²) in [5.41, 5.74) is 0.163. The summed E-state index contributed by atoms with van der Waals surface area (Å²) in [5, 5.41) is 11.4. The molecule has 1 aromatic carbocycles. The molecule has 1 aromatic rings. The lowest BCUT2D eigenvalue weighted by atomic mass is 10.1. The van der Waals surface area contributed by atoms with Gasteiger partial charge in [-0.25, -0.2) is 4.39 Å². The molecule has 1 atom stereocenters. The fraction of sp³-hybridized carbons (Fsp3) is 0.500. The van der Waals surface area contributed by atoms with Crippen molar-refractivity contribution in [2.75, 3.05) is 11.9 Å². The Kier molecular flexibility index (Phi) is 5.53. The first-order valence-corrected chi connectivity index (χ1v) is 6.75. The van der Waals surface area contributed by atoms with Gasteiger partial charge in [0, 0.05) is 16.8 Å². The molecule has 0 bridgehead atoms. The van der Waals surface area contributed by atoms with Crippen molar-refractivity contribution in [3.63, 3.8) is 0 Å². The molecule has 1 rings (SSSR count). The third kappa shape index (κ3) is 3.66. The van der Waals surface area contributed by atoms with Gasteiger partial charge in [0.25, 0.3) is 5.69 Å². The number of hydrogen-bond acceptors (Lipinski definition) is 3. The molecule has 0 aromatic heterocycles. The summed E-state index contributed by atoms with van der Waals surface area (Å²) in [6, 6.07) is 2.27. The van der Waals surface area contributed by atoms with Gasteiger partial charge in [0.15, 0.2) is 11.6 Å². The van der Waals surface area contributed by atoms with Crippen molar-refractivity contribution in [2.45, 2.75) is 20.3 Å². The predicted molar refractivity (Wildman–Crippen MR) is 70.9 cm³/mol. The van der Waals surface area contributed by atoms with Crippen molar-refractivity contribution in [3.05, 3.63) is 33.6 Å².